The van der Waals surface area contributed by atoms with Crippen molar-refractivity contribution in [2.75, 3.05) is 0 Å². The second kappa shape index (κ2) is 17.3. The molecule has 0 unspecified atom stereocenters. The SMILES string of the molecule is CC=CC.NC(=S)S.NC(=S)S. The maximum atomic E-state index is 4.71. The van der Waals surface area contributed by atoms with Crippen molar-refractivity contribution < 1.29 is 0 Å². The molecular formula is C6H14N2S4. The summed E-state index contributed by atoms with van der Waals surface area (Å²) in [7, 11) is 0. The molecule has 0 atom stereocenters. The molecule has 4 N–H and O–H groups in total. The van der Waals surface area contributed by atoms with Gasteiger partial charge in [-0.2, -0.15) is 0 Å². The smallest absolute Gasteiger partial charge is 0.128 e. The third-order valence-electron chi connectivity index (χ3n) is 0.333. The molecule has 0 aliphatic rings. The van der Waals surface area contributed by atoms with Gasteiger partial charge in [0.05, 0.1) is 0 Å². The van der Waals surface area contributed by atoms with Gasteiger partial charge in [0.25, 0.3) is 0 Å². The van der Waals surface area contributed by atoms with Crippen molar-refractivity contribution in [1.82, 2.24) is 0 Å². The van der Waals surface area contributed by atoms with Crippen LogP contribution in [0.5, 0.6) is 0 Å². The molecule has 0 aliphatic carbocycles. The Hall–Kier alpha value is 0.220. The number of rotatable bonds is 0. The largest absolute Gasteiger partial charge is 0.385 e. The van der Waals surface area contributed by atoms with E-state index in [-0.39, 0.29) is 8.64 Å². The first-order chi connectivity index (χ1) is 5.38. The molecule has 0 heterocycles. The summed E-state index contributed by atoms with van der Waals surface area (Å²) in [5.74, 6) is 0. The molecule has 0 saturated heterocycles. The minimum absolute atomic E-state index is 0.194. The van der Waals surface area contributed by atoms with Crippen molar-refractivity contribution >= 4 is 58.3 Å². The summed E-state index contributed by atoms with van der Waals surface area (Å²) in [5.41, 5.74) is 9.41. The third kappa shape index (κ3) is 584. The summed E-state index contributed by atoms with van der Waals surface area (Å²) in [6.07, 6.45) is 4.00. The van der Waals surface area contributed by atoms with Gasteiger partial charge in [0.2, 0.25) is 0 Å². The minimum Gasteiger partial charge on any atom is -0.385 e. The monoisotopic (exact) mass is 242 g/mol. The van der Waals surface area contributed by atoms with E-state index in [1.807, 2.05) is 26.0 Å². The molecule has 0 aromatic heterocycles. The zero-order valence-electron chi connectivity index (χ0n) is 7.02. The predicted molar refractivity (Wildman–Crippen MR) is 72.0 cm³/mol. The molecule has 0 fully saturated rings. The van der Waals surface area contributed by atoms with Gasteiger partial charge in [-0.3, -0.25) is 0 Å². The molecule has 0 bridgehead atoms. The van der Waals surface area contributed by atoms with Crippen LogP contribution in [-0.4, -0.2) is 8.64 Å². The van der Waals surface area contributed by atoms with Gasteiger partial charge >= 0.3 is 0 Å². The Kier molecular flexibility index (Phi) is 26.2. The van der Waals surface area contributed by atoms with Crippen molar-refractivity contribution in [3.8, 4) is 0 Å². The molecular weight excluding hydrogens is 228 g/mol. The first kappa shape index (κ1) is 18.1. The second-order valence-corrected chi connectivity index (χ2v) is 3.79. The van der Waals surface area contributed by atoms with Gasteiger partial charge in [-0.25, -0.2) is 0 Å². The molecule has 0 radical (unpaired) electrons. The van der Waals surface area contributed by atoms with Crippen molar-refractivity contribution in [2.24, 2.45) is 11.5 Å². The van der Waals surface area contributed by atoms with Gasteiger partial charge in [-0.1, -0.05) is 36.6 Å². The van der Waals surface area contributed by atoms with Crippen molar-refractivity contribution in [3.63, 3.8) is 0 Å². The molecule has 0 spiro atoms. The summed E-state index contributed by atoms with van der Waals surface area (Å²) in [5, 5.41) is 0. The maximum absolute atomic E-state index is 4.71. The van der Waals surface area contributed by atoms with E-state index in [4.69, 9.17) is 11.5 Å². The molecule has 0 saturated carbocycles. The van der Waals surface area contributed by atoms with E-state index >= 15 is 0 Å². The quantitative estimate of drug-likeness (QED) is 0.298. The van der Waals surface area contributed by atoms with E-state index in [1.165, 1.54) is 0 Å². The summed E-state index contributed by atoms with van der Waals surface area (Å²) < 4.78 is 0.389. The molecule has 0 aromatic rings. The normalized spacial score (nSPS) is 7.33. The molecule has 2 nitrogen and oxygen atoms in total. The summed E-state index contributed by atoms with van der Waals surface area (Å²) in [6, 6.07) is 0. The summed E-state index contributed by atoms with van der Waals surface area (Å²) in [6.45, 7) is 4.00. The van der Waals surface area contributed by atoms with Gasteiger partial charge in [-0.15, -0.1) is 25.3 Å². The highest BCUT2D eigenvalue weighted by molar-refractivity contribution is 8.11. The van der Waals surface area contributed by atoms with Gasteiger partial charge in [-0.05, 0) is 13.8 Å². The number of thiol groups is 2. The van der Waals surface area contributed by atoms with E-state index in [0.717, 1.165) is 0 Å². The number of allylic oxidation sites excluding steroid dienone is 2. The maximum Gasteiger partial charge on any atom is 0.128 e. The molecule has 72 valence electrons. The van der Waals surface area contributed by atoms with Crippen molar-refractivity contribution in [1.29, 1.82) is 0 Å². The van der Waals surface area contributed by atoms with Gasteiger partial charge in [0, 0.05) is 0 Å². The van der Waals surface area contributed by atoms with Crippen LogP contribution >= 0.6 is 49.7 Å². The van der Waals surface area contributed by atoms with Crippen LogP contribution < -0.4 is 11.5 Å². The first-order valence-electron chi connectivity index (χ1n) is 2.92. The highest BCUT2D eigenvalue weighted by Crippen LogP contribution is 1.63. The Morgan fingerprint density at radius 2 is 1.08 bits per heavy atom. The zero-order chi connectivity index (χ0) is 10.6. The van der Waals surface area contributed by atoms with E-state index in [9.17, 15) is 0 Å². The fourth-order valence-corrected chi connectivity index (χ4v) is 0. The summed E-state index contributed by atoms with van der Waals surface area (Å²) >= 11 is 15.3. The van der Waals surface area contributed by atoms with Crippen LogP contribution in [0.4, 0.5) is 0 Å². The van der Waals surface area contributed by atoms with Crippen LogP contribution in [0.25, 0.3) is 0 Å². The molecule has 0 aliphatic heterocycles. The topological polar surface area (TPSA) is 52.0 Å². The van der Waals surface area contributed by atoms with Crippen LogP contribution in [0.3, 0.4) is 0 Å². The molecule has 6 heteroatoms. The standard InChI is InChI=1S/C4H8.2CH3NS2/c1-3-4-2;2*2-1(3)4/h3-4H,1-2H3;2*(H3,2,3,4). The molecule has 12 heavy (non-hydrogen) atoms. The van der Waals surface area contributed by atoms with Crippen molar-refractivity contribution in [3.05, 3.63) is 12.2 Å². The number of hydrogen-bond acceptors (Lipinski definition) is 2. The minimum atomic E-state index is 0.194. The number of hydrogen-bond donors (Lipinski definition) is 4. The van der Waals surface area contributed by atoms with Gasteiger partial charge in [0.15, 0.2) is 0 Å². The van der Waals surface area contributed by atoms with E-state index in [0.29, 0.717) is 0 Å². The van der Waals surface area contributed by atoms with E-state index < -0.39 is 0 Å². The second-order valence-electron chi connectivity index (χ2n) is 1.34. The molecule has 0 aromatic carbocycles. The lowest BCUT2D eigenvalue weighted by Gasteiger charge is -1.64. The van der Waals surface area contributed by atoms with Crippen LogP contribution in [0.2, 0.25) is 0 Å². The lowest BCUT2D eigenvalue weighted by Crippen LogP contribution is -1.94. The highest BCUT2D eigenvalue weighted by atomic mass is 32.1. The summed E-state index contributed by atoms with van der Waals surface area (Å²) in [4.78, 5) is 0. The average Bonchev–Trinajstić information content (AvgIpc) is 1.85. The van der Waals surface area contributed by atoms with E-state index in [2.05, 4.69) is 49.7 Å². The first-order valence-corrected chi connectivity index (χ1v) is 4.63. The third-order valence-corrected chi connectivity index (χ3v) is 0.333. The Balaban J connectivity index is -0.000000101. The van der Waals surface area contributed by atoms with Crippen LogP contribution in [-0.2, 0) is 0 Å². The fraction of sp³-hybridized carbons (Fsp3) is 0.333. The van der Waals surface area contributed by atoms with Crippen molar-refractivity contribution in [2.45, 2.75) is 13.8 Å². The van der Waals surface area contributed by atoms with Crippen LogP contribution in [0, 0.1) is 0 Å². The highest BCUT2D eigenvalue weighted by Gasteiger charge is 1.56. The average molecular weight is 242 g/mol. The molecule has 0 rings (SSSR count). The Labute approximate surface area is 95.6 Å². The Bertz CT molecular complexity index is 120. The number of thiocarbonyl (C=S) groups is 2. The van der Waals surface area contributed by atoms with Crippen LogP contribution in [0.15, 0.2) is 12.2 Å². The van der Waals surface area contributed by atoms with Gasteiger partial charge < -0.3 is 11.5 Å². The lowest BCUT2D eigenvalue weighted by molar-refractivity contribution is 1.64. The number of nitrogens with two attached hydrogens (primary N) is 2. The Morgan fingerprint density at radius 1 is 1.00 bits per heavy atom. The molecule has 0 amide bonds. The van der Waals surface area contributed by atoms with E-state index in [1.54, 1.807) is 0 Å². The van der Waals surface area contributed by atoms with Gasteiger partial charge in [0.1, 0.15) is 8.64 Å². The Morgan fingerprint density at radius 3 is 1.08 bits per heavy atom. The van der Waals surface area contributed by atoms with Crippen LogP contribution in [0.1, 0.15) is 13.8 Å². The fourth-order valence-electron chi connectivity index (χ4n) is 0. The predicted octanol–water partition coefficient (Wildman–Crippen LogP) is 1.90. The zero-order valence-corrected chi connectivity index (χ0v) is 10.4. The lowest BCUT2D eigenvalue weighted by atomic mass is 10.6.